The minimum atomic E-state index is -0.515. The number of rotatable bonds is 5. The fourth-order valence-corrected chi connectivity index (χ4v) is 3.24. The fraction of sp³-hybridized carbons (Fsp3) is 0.200. The zero-order chi connectivity index (χ0) is 16.4. The van der Waals surface area contributed by atoms with Crippen LogP contribution in [0.4, 0.5) is 4.39 Å². The van der Waals surface area contributed by atoms with Gasteiger partial charge in [0.1, 0.15) is 17.2 Å². The van der Waals surface area contributed by atoms with E-state index in [2.05, 4.69) is 15.1 Å². The normalized spacial score (nSPS) is 12.4. The number of primary amides is 1. The minimum absolute atomic E-state index is 0.315. The number of carbonyl (C=O) groups is 1. The van der Waals surface area contributed by atoms with Crippen LogP contribution < -0.4 is 5.73 Å². The lowest BCUT2D eigenvalue weighted by atomic mass is 10.1. The van der Waals surface area contributed by atoms with Crippen molar-refractivity contribution in [1.29, 1.82) is 0 Å². The van der Waals surface area contributed by atoms with E-state index in [1.54, 1.807) is 30.1 Å². The van der Waals surface area contributed by atoms with Gasteiger partial charge in [0.05, 0.1) is 16.8 Å². The Hall–Kier alpha value is -2.48. The molecule has 0 radical (unpaired) electrons. The van der Waals surface area contributed by atoms with E-state index in [1.807, 2.05) is 0 Å². The number of benzene rings is 1. The molecule has 0 aliphatic heterocycles. The van der Waals surface area contributed by atoms with Crippen LogP contribution in [0.1, 0.15) is 5.56 Å². The van der Waals surface area contributed by atoms with Crippen molar-refractivity contribution in [3.05, 3.63) is 48.2 Å². The van der Waals surface area contributed by atoms with Crippen LogP contribution in [0.25, 0.3) is 11.0 Å². The second-order valence-electron chi connectivity index (χ2n) is 5.02. The van der Waals surface area contributed by atoms with E-state index >= 15 is 0 Å². The molecule has 3 rings (SSSR count). The lowest BCUT2D eigenvalue weighted by Gasteiger charge is -2.13. The monoisotopic (exact) mass is 331 g/mol. The molecule has 0 bridgehead atoms. The molecule has 23 heavy (non-hydrogen) atoms. The van der Waals surface area contributed by atoms with Crippen LogP contribution in [0.15, 0.2) is 41.8 Å². The Morgan fingerprint density at radius 3 is 2.78 bits per heavy atom. The number of nitrogens with zero attached hydrogens (tertiary/aromatic N) is 4. The molecule has 0 spiro atoms. The van der Waals surface area contributed by atoms with Crippen LogP contribution >= 0.6 is 11.8 Å². The Bertz CT molecular complexity index is 849. The summed E-state index contributed by atoms with van der Waals surface area (Å²) in [6.45, 7) is 0. The van der Waals surface area contributed by atoms with E-state index in [0.717, 1.165) is 10.9 Å². The van der Waals surface area contributed by atoms with Gasteiger partial charge in [-0.1, -0.05) is 23.9 Å². The highest BCUT2D eigenvalue weighted by molar-refractivity contribution is 8.00. The van der Waals surface area contributed by atoms with E-state index in [-0.39, 0.29) is 5.82 Å². The molecule has 2 N–H and O–H groups in total. The molecule has 8 heteroatoms. The van der Waals surface area contributed by atoms with Crippen molar-refractivity contribution in [1.82, 2.24) is 19.7 Å². The molecular formula is C15H14FN5OS. The highest BCUT2D eigenvalue weighted by atomic mass is 32.2. The Balaban J connectivity index is 1.87. The number of aryl methyl sites for hydroxylation is 1. The van der Waals surface area contributed by atoms with E-state index in [9.17, 15) is 9.18 Å². The number of halogens is 1. The molecule has 1 unspecified atom stereocenters. The number of thioether (sulfide) groups is 1. The van der Waals surface area contributed by atoms with Crippen LogP contribution in [0, 0.1) is 5.82 Å². The van der Waals surface area contributed by atoms with Gasteiger partial charge >= 0.3 is 0 Å². The summed E-state index contributed by atoms with van der Waals surface area (Å²) in [6, 6.07) is 6.01. The third kappa shape index (κ3) is 3.31. The molecular weight excluding hydrogens is 317 g/mol. The summed E-state index contributed by atoms with van der Waals surface area (Å²) < 4.78 is 14.6. The van der Waals surface area contributed by atoms with Crippen molar-refractivity contribution in [3.63, 3.8) is 0 Å². The van der Waals surface area contributed by atoms with Gasteiger partial charge in [-0.05, 0) is 24.1 Å². The quantitative estimate of drug-likeness (QED) is 0.568. The van der Waals surface area contributed by atoms with Crippen LogP contribution in [-0.2, 0) is 18.3 Å². The van der Waals surface area contributed by atoms with E-state index < -0.39 is 11.2 Å². The van der Waals surface area contributed by atoms with E-state index in [0.29, 0.717) is 17.1 Å². The molecule has 2 heterocycles. The highest BCUT2D eigenvalue weighted by Crippen LogP contribution is 2.29. The van der Waals surface area contributed by atoms with Crippen molar-refractivity contribution in [2.45, 2.75) is 16.7 Å². The predicted octanol–water partition coefficient (Wildman–Crippen LogP) is 1.69. The highest BCUT2D eigenvalue weighted by Gasteiger charge is 2.20. The first-order chi connectivity index (χ1) is 11.0. The Labute approximate surface area is 135 Å². The predicted molar refractivity (Wildman–Crippen MR) is 85.2 cm³/mol. The van der Waals surface area contributed by atoms with Gasteiger partial charge in [0.2, 0.25) is 5.91 Å². The van der Waals surface area contributed by atoms with Crippen molar-refractivity contribution in [2.24, 2.45) is 12.8 Å². The molecule has 0 fully saturated rings. The zero-order valence-corrected chi connectivity index (χ0v) is 13.1. The first-order valence-corrected chi connectivity index (χ1v) is 7.75. The summed E-state index contributed by atoms with van der Waals surface area (Å²) in [5, 5.41) is 5.05. The molecule has 2 aromatic heterocycles. The van der Waals surface area contributed by atoms with Crippen LogP contribution in [0.3, 0.4) is 0 Å². The number of nitrogens with two attached hydrogens (primary N) is 1. The molecule has 3 aromatic rings. The molecule has 1 atom stereocenters. The van der Waals surface area contributed by atoms with Gasteiger partial charge < -0.3 is 5.73 Å². The summed E-state index contributed by atoms with van der Waals surface area (Å²) in [4.78, 5) is 20.2. The van der Waals surface area contributed by atoms with Crippen molar-refractivity contribution < 1.29 is 9.18 Å². The number of fused-ring (bicyclic) bond motifs is 1. The number of amides is 1. The van der Waals surface area contributed by atoms with Crippen molar-refractivity contribution in [3.8, 4) is 0 Å². The fourth-order valence-electron chi connectivity index (χ4n) is 2.20. The summed E-state index contributed by atoms with van der Waals surface area (Å²) in [7, 11) is 1.79. The maximum atomic E-state index is 13.0. The Kier molecular flexibility index (Phi) is 4.24. The smallest absolute Gasteiger partial charge is 0.231 e. The van der Waals surface area contributed by atoms with Gasteiger partial charge in [0.15, 0.2) is 5.65 Å². The third-order valence-electron chi connectivity index (χ3n) is 3.40. The topological polar surface area (TPSA) is 86.7 Å². The molecule has 118 valence electrons. The van der Waals surface area contributed by atoms with Gasteiger partial charge in [0, 0.05) is 7.05 Å². The number of hydrogen-bond donors (Lipinski definition) is 1. The molecule has 6 nitrogen and oxygen atoms in total. The summed E-state index contributed by atoms with van der Waals surface area (Å²) in [5.41, 5.74) is 7.03. The second kappa shape index (κ2) is 6.33. The van der Waals surface area contributed by atoms with Gasteiger partial charge in [-0.15, -0.1) is 0 Å². The number of aromatic nitrogens is 4. The number of carbonyl (C=O) groups excluding carboxylic acids is 1. The number of hydrogen-bond acceptors (Lipinski definition) is 5. The summed E-state index contributed by atoms with van der Waals surface area (Å²) >= 11 is 1.27. The Morgan fingerprint density at radius 1 is 1.35 bits per heavy atom. The van der Waals surface area contributed by atoms with Crippen LogP contribution in [0.2, 0.25) is 0 Å². The zero-order valence-electron chi connectivity index (χ0n) is 12.3. The van der Waals surface area contributed by atoms with E-state index in [1.165, 1.54) is 30.2 Å². The summed E-state index contributed by atoms with van der Waals surface area (Å²) in [6.07, 6.45) is 3.49. The lowest BCUT2D eigenvalue weighted by Crippen LogP contribution is -2.27. The maximum absolute atomic E-state index is 13.0. The average molecular weight is 331 g/mol. The molecule has 0 aliphatic carbocycles. The Morgan fingerprint density at radius 2 is 2.09 bits per heavy atom. The lowest BCUT2D eigenvalue weighted by molar-refractivity contribution is -0.117. The minimum Gasteiger partial charge on any atom is -0.369 e. The van der Waals surface area contributed by atoms with Gasteiger partial charge in [0.25, 0.3) is 0 Å². The van der Waals surface area contributed by atoms with Crippen LogP contribution in [-0.4, -0.2) is 30.9 Å². The molecule has 1 aromatic carbocycles. The average Bonchev–Trinajstić information content (AvgIpc) is 2.91. The van der Waals surface area contributed by atoms with Gasteiger partial charge in [-0.3, -0.25) is 9.48 Å². The van der Waals surface area contributed by atoms with Crippen molar-refractivity contribution >= 4 is 28.7 Å². The van der Waals surface area contributed by atoms with Gasteiger partial charge in [-0.2, -0.15) is 5.10 Å². The SMILES string of the molecule is Cn1ncc2c(SC(Cc3ccc(F)cc3)C(N)=O)ncnc21. The van der Waals surface area contributed by atoms with Crippen molar-refractivity contribution in [2.75, 3.05) is 0 Å². The van der Waals surface area contributed by atoms with Crippen LogP contribution in [0.5, 0.6) is 0 Å². The summed E-state index contributed by atoms with van der Waals surface area (Å²) in [5.74, 6) is -0.764. The molecule has 0 saturated carbocycles. The largest absolute Gasteiger partial charge is 0.369 e. The first-order valence-electron chi connectivity index (χ1n) is 6.87. The molecule has 1 amide bonds. The molecule has 0 aliphatic rings. The first kappa shape index (κ1) is 15.4. The van der Waals surface area contributed by atoms with E-state index in [4.69, 9.17) is 5.73 Å². The second-order valence-corrected chi connectivity index (χ2v) is 6.22. The van der Waals surface area contributed by atoms with Gasteiger partial charge in [-0.25, -0.2) is 14.4 Å². The third-order valence-corrected chi connectivity index (χ3v) is 4.63. The maximum Gasteiger partial charge on any atom is 0.231 e. The molecule has 0 saturated heterocycles. The standard InChI is InChI=1S/C15H14FN5OS/c1-21-14-11(7-20-21)15(19-8-18-14)23-12(13(17)22)6-9-2-4-10(16)5-3-9/h2-5,7-8,12H,6H2,1H3,(H2,17,22).